The van der Waals surface area contributed by atoms with E-state index in [1.807, 2.05) is 4.72 Å². The number of methoxy groups -OCH3 is 1. The Hall–Kier alpha value is -1.65. The van der Waals surface area contributed by atoms with Crippen molar-refractivity contribution in [2.75, 3.05) is 13.7 Å². The number of halogens is 2. The number of nitro groups is 1. The minimum absolute atomic E-state index is 0.159. The van der Waals surface area contributed by atoms with Crippen molar-refractivity contribution in [2.24, 2.45) is 0 Å². The lowest BCUT2D eigenvalue weighted by Crippen LogP contribution is -2.32. The Morgan fingerprint density at radius 2 is 2.00 bits per heavy atom. The molecule has 0 aliphatic rings. The van der Waals surface area contributed by atoms with Crippen molar-refractivity contribution >= 4 is 15.7 Å². The third-order valence-corrected chi connectivity index (χ3v) is 3.89. The second-order valence-corrected chi connectivity index (χ2v) is 5.62. The largest absolute Gasteiger partial charge is 0.380 e. The van der Waals surface area contributed by atoms with Gasteiger partial charge in [-0.1, -0.05) is 0 Å². The molecule has 0 aliphatic heterocycles. The van der Waals surface area contributed by atoms with E-state index < -0.39 is 43.3 Å². The first kappa shape index (κ1) is 16.4. The van der Waals surface area contributed by atoms with Crippen LogP contribution in [0.15, 0.2) is 17.0 Å². The maximum absolute atomic E-state index is 13.5. The lowest BCUT2D eigenvalue weighted by Gasteiger charge is -2.11. The fourth-order valence-electron chi connectivity index (χ4n) is 1.25. The molecular weight excluding hydrogens is 298 g/mol. The minimum Gasteiger partial charge on any atom is -0.380 e. The number of benzene rings is 1. The zero-order chi connectivity index (χ0) is 15.5. The van der Waals surface area contributed by atoms with Gasteiger partial charge in [0.15, 0.2) is 0 Å². The van der Waals surface area contributed by atoms with Gasteiger partial charge in [-0.15, -0.1) is 0 Å². The Labute approximate surface area is 113 Å². The number of sulfonamides is 1. The van der Waals surface area contributed by atoms with E-state index in [4.69, 9.17) is 4.74 Å². The molecule has 1 aromatic rings. The normalized spacial score (nSPS) is 13.2. The summed E-state index contributed by atoms with van der Waals surface area (Å²) in [5.74, 6) is -2.86. The smallest absolute Gasteiger partial charge is 0.306 e. The monoisotopic (exact) mass is 310 g/mol. The molecule has 1 N–H and O–H groups in total. The molecule has 0 saturated carbocycles. The summed E-state index contributed by atoms with van der Waals surface area (Å²) in [5, 5.41) is 10.5. The summed E-state index contributed by atoms with van der Waals surface area (Å²) in [4.78, 5) is 8.41. The molecule has 0 saturated heterocycles. The van der Waals surface area contributed by atoms with Crippen LogP contribution in [0.3, 0.4) is 0 Å². The first-order valence-electron chi connectivity index (χ1n) is 5.35. The van der Waals surface area contributed by atoms with Gasteiger partial charge in [-0.05, 0) is 6.92 Å². The van der Waals surface area contributed by atoms with Crippen LogP contribution < -0.4 is 4.72 Å². The Morgan fingerprint density at radius 3 is 2.50 bits per heavy atom. The van der Waals surface area contributed by atoms with Gasteiger partial charge in [-0.2, -0.15) is 4.39 Å². The van der Waals surface area contributed by atoms with Crippen LogP contribution >= 0.6 is 0 Å². The van der Waals surface area contributed by atoms with Gasteiger partial charge >= 0.3 is 5.69 Å². The summed E-state index contributed by atoms with van der Waals surface area (Å²) in [6.45, 7) is 1.40. The van der Waals surface area contributed by atoms with E-state index in [2.05, 4.69) is 0 Å². The molecule has 1 aromatic carbocycles. The van der Waals surface area contributed by atoms with Gasteiger partial charge in [0.05, 0.1) is 11.0 Å². The molecule has 0 spiro atoms. The van der Waals surface area contributed by atoms with E-state index in [9.17, 15) is 27.3 Å². The summed E-state index contributed by atoms with van der Waals surface area (Å²) in [6, 6.07) is 0.497. The van der Waals surface area contributed by atoms with Gasteiger partial charge in [-0.3, -0.25) is 10.1 Å². The maximum atomic E-state index is 13.5. The van der Waals surface area contributed by atoms with Crippen molar-refractivity contribution in [2.45, 2.75) is 17.9 Å². The molecule has 0 aromatic heterocycles. The molecule has 0 aliphatic carbocycles. The fourth-order valence-corrected chi connectivity index (χ4v) is 2.44. The van der Waals surface area contributed by atoms with Crippen molar-refractivity contribution < 1.29 is 26.9 Å². The Bertz CT molecular complexity index is 620. The summed E-state index contributed by atoms with van der Waals surface area (Å²) >= 11 is 0. The highest BCUT2D eigenvalue weighted by Gasteiger charge is 2.26. The molecule has 0 fully saturated rings. The zero-order valence-corrected chi connectivity index (χ0v) is 11.4. The van der Waals surface area contributed by atoms with Gasteiger partial charge in [0.1, 0.15) is 10.7 Å². The minimum atomic E-state index is -4.34. The quantitative estimate of drug-likeness (QED) is 0.628. The summed E-state index contributed by atoms with van der Waals surface area (Å²) < 4.78 is 57.0. The van der Waals surface area contributed by atoms with Crippen molar-refractivity contribution in [1.82, 2.24) is 4.72 Å². The molecule has 0 amide bonds. The van der Waals surface area contributed by atoms with Crippen LogP contribution in [0.2, 0.25) is 0 Å². The topological polar surface area (TPSA) is 98.5 Å². The summed E-state index contributed by atoms with van der Waals surface area (Å²) in [7, 11) is -3.00. The predicted molar refractivity (Wildman–Crippen MR) is 64.7 cm³/mol. The first-order valence-corrected chi connectivity index (χ1v) is 6.83. The molecule has 0 bridgehead atoms. The van der Waals surface area contributed by atoms with Crippen molar-refractivity contribution in [1.29, 1.82) is 0 Å². The highest BCUT2D eigenvalue weighted by molar-refractivity contribution is 7.89. The van der Waals surface area contributed by atoms with Crippen molar-refractivity contribution in [3.63, 3.8) is 0 Å². The molecule has 112 valence electrons. The van der Waals surface area contributed by atoms with Crippen LogP contribution in [0.4, 0.5) is 14.5 Å². The third-order valence-electron chi connectivity index (χ3n) is 2.45. The summed E-state index contributed by atoms with van der Waals surface area (Å²) in [6.07, 6.45) is -0.483. The van der Waals surface area contributed by atoms with E-state index in [1.54, 1.807) is 6.92 Å². The average Bonchev–Trinajstić information content (AvgIpc) is 2.35. The SMILES string of the molecule is COC(C)CNS(=O)(=O)c1cc([N+](=O)[O-])c(F)cc1F. The highest BCUT2D eigenvalue weighted by atomic mass is 32.2. The lowest BCUT2D eigenvalue weighted by atomic mass is 10.3. The molecule has 0 heterocycles. The molecular formula is C10H12F2N2O5S. The molecule has 1 atom stereocenters. The van der Waals surface area contributed by atoms with Crippen molar-refractivity contribution in [3.05, 3.63) is 33.9 Å². The number of ether oxygens (including phenoxy) is 1. The van der Waals surface area contributed by atoms with E-state index in [0.29, 0.717) is 6.07 Å². The second-order valence-electron chi connectivity index (χ2n) is 3.89. The highest BCUT2D eigenvalue weighted by Crippen LogP contribution is 2.24. The van der Waals surface area contributed by atoms with E-state index in [0.717, 1.165) is 0 Å². The van der Waals surface area contributed by atoms with Gasteiger partial charge in [0.2, 0.25) is 15.8 Å². The predicted octanol–water partition coefficient (Wildman–Crippen LogP) is 1.19. The molecule has 20 heavy (non-hydrogen) atoms. The van der Waals surface area contributed by atoms with Gasteiger partial charge in [-0.25, -0.2) is 17.5 Å². The number of hydrogen-bond acceptors (Lipinski definition) is 5. The van der Waals surface area contributed by atoms with Crippen LogP contribution in [0.5, 0.6) is 0 Å². The molecule has 10 heteroatoms. The standard InChI is InChI=1S/C10H12F2N2O5S/c1-6(19-2)5-13-20(17,18)10-4-9(14(15)16)7(11)3-8(10)12/h3-4,6,13H,5H2,1-2H3. The molecule has 1 unspecified atom stereocenters. The van der Waals surface area contributed by atoms with Crippen LogP contribution in [-0.4, -0.2) is 33.1 Å². The van der Waals surface area contributed by atoms with E-state index in [1.165, 1.54) is 7.11 Å². The average molecular weight is 310 g/mol. The van der Waals surface area contributed by atoms with Crippen LogP contribution in [0, 0.1) is 21.7 Å². The number of nitro benzene ring substituents is 1. The number of nitrogens with one attached hydrogen (secondary N) is 1. The summed E-state index contributed by atoms with van der Waals surface area (Å²) in [5.41, 5.74) is -1.12. The second kappa shape index (κ2) is 6.20. The zero-order valence-electron chi connectivity index (χ0n) is 10.6. The first-order chi connectivity index (χ1) is 9.19. The number of nitrogens with zero attached hydrogens (tertiary/aromatic N) is 1. The van der Waals surface area contributed by atoms with Crippen molar-refractivity contribution in [3.8, 4) is 0 Å². The Kier molecular flexibility index (Phi) is 5.09. The fraction of sp³-hybridized carbons (Fsp3) is 0.400. The van der Waals surface area contributed by atoms with Crippen LogP contribution in [0.25, 0.3) is 0 Å². The van der Waals surface area contributed by atoms with E-state index >= 15 is 0 Å². The Balaban J connectivity index is 3.18. The number of rotatable bonds is 6. The van der Waals surface area contributed by atoms with Gasteiger partial charge < -0.3 is 4.74 Å². The third kappa shape index (κ3) is 3.68. The van der Waals surface area contributed by atoms with Crippen LogP contribution in [-0.2, 0) is 14.8 Å². The molecule has 0 radical (unpaired) electrons. The number of hydrogen-bond donors (Lipinski definition) is 1. The molecule has 1 rings (SSSR count). The van der Waals surface area contributed by atoms with E-state index in [-0.39, 0.29) is 12.6 Å². The van der Waals surface area contributed by atoms with Gasteiger partial charge in [0.25, 0.3) is 0 Å². The van der Waals surface area contributed by atoms with Gasteiger partial charge in [0, 0.05) is 25.8 Å². The maximum Gasteiger partial charge on any atom is 0.306 e. The van der Waals surface area contributed by atoms with Crippen LogP contribution in [0.1, 0.15) is 6.92 Å². The Morgan fingerprint density at radius 1 is 1.40 bits per heavy atom. The molecule has 7 nitrogen and oxygen atoms in total. The lowest BCUT2D eigenvalue weighted by molar-refractivity contribution is -0.387.